The first-order valence-corrected chi connectivity index (χ1v) is 8.86. The number of carbonyl (C=O) groups excluding carboxylic acids is 1. The lowest BCUT2D eigenvalue weighted by Crippen LogP contribution is -2.39. The van der Waals surface area contributed by atoms with Crippen molar-refractivity contribution in [1.29, 1.82) is 0 Å². The summed E-state index contributed by atoms with van der Waals surface area (Å²) in [6, 6.07) is 7.59. The lowest BCUT2D eigenvalue weighted by atomic mass is 10.1. The van der Waals surface area contributed by atoms with Gasteiger partial charge in [-0.2, -0.15) is 0 Å². The summed E-state index contributed by atoms with van der Waals surface area (Å²) in [7, 11) is -0.922. The van der Waals surface area contributed by atoms with Crippen LogP contribution in [0.15, 0.2) is 24.3 Å². The fourth-order valence-corrected chi connectivity index (χ4v) is 2.88. The molecule has 0 aliphatic heterocycles. The van der Waals surface area contributed by atoms with Gasteiger partial charge in [-0.25, -0.2) is 4.79 Å². The molecule has 0 aromatic heterocycles. The van der Waals surface area contributed by atoms with E-state index in [0.29, 0.717) is 5.75 Å². The topological polar surface area (TPSA) is 70.2 Å². The minimum absolute atomic E-state index is 0.125. The Labute approximate surface area is 129 Å². The Morgan fingerprint density at radius 1 is 1.33 bits per heavy atom. The van der Waals surface area contributed by atoms with Crippen molar-refractivity contribution in [1.82, 2.24) is 10.6 Å². The molecule has 3 unspecified atom stereocenters. The Morgan fingerprint density at radius 2 is 2.05 bits per heavy atom. The van der Waals surface area contributed by atoms with Gasteiger partial charge in [0.15, 0.2) is 0 Å². The van der Waals surface area contributed by atoms with E-state index < -0.39 is 10.8 Å². The fourth-order valence-electron chi connectivity index (χ4n) is 2.09. The predicted octanol–water partition coefficient (Wildman–Crippen LogP) is 2.25. The lowest BCUT2D eigenvalue weighted by molar-refractivity contribution is 0.250. The molecule has 0 spiro atoms. The molecule has 0 saturated carbocycles. The molecule has 5 nitrogen and oxygen atoms in total. The molecule has 6 heteroatoms. The zero-order valence-electron chi connectivity index (χ0n) is 13.1. The van der Waals surface area contributed by atoms with E-state index in [4.69, 9.17) is 0 Å². The van der Waals surface area contributed by atoms with Crippen molar-refractivity contribution in [2.45, 2.75) is 32.9 Å². The van der Waals surface area contributed by atoms with Crippen LogP contribution in [0, 0.1) is 0 Å². The Hall–Kier alpha value is -1.40. The summed E-state index contributed by atoms with van der Waals surface area (Å²) < 4.78 is 11.1. The maximum absolute atomic E-state index is 11.9. The van der Waals surface area contributed by atoms with Gasteiger partial charge in [-0.05, 0) is 38.1 Å². The van der Waals surface area contributed by atoms with E-state index in [-0.39, 0.29) is 18.1 Å². The van der Waals surface area contributed by atoms with Crippen LogP contribution in [0.3, 0.4) is 0 Å². The predicted molar refractivity (Wildman–Crippen MR) is 89.1 cm³/mol. The van der Waals surface area contributed by atoms with E-state index in [1.807, 2.05) is 31.2 Å². The smallest absolute Gasteiger partial charge is 0.319 e. The summed E-state index contributed by atoms with van der Waals surface area (Å²) in [6.45, 7) is 6.88. The highest BCUT2D eigenvalue weighted by Gasteiger charge is 2.10. The number of hydrogen-bond acceptors (Lipinski definition) is 3. The second-order valence-electron chi connectivity index (χ2n) is 5.14. The molecule has 2 amide bonds. The molecule has 0 heterocycles. The molecule has 1 rings (SSSR count). The number of rotatable bonds is 7. The third-order valence-electron chi connectivity index (χ3n) is 3.02. The van der Waals surface area contributed by atoms with E-state index in [0.717, 1.165) is 17.8 Å². The molecular weight excluding hydrogens is 286 g/mol. The largest absolute Gasteiger partial charge is 0.334 e. The summed E-state index contributed by atoms with van der Waals surface area (Å²) in [5, 5.41) is 8.92. The van der Waals surface area contributed by atoms with Gasteiger partial charge < -0.3 is 16.0 Å². The standard InChI is InChI=1S/C15H25N3O2S/c1-5-16-12(3)13-7-6-8-14(9-13)18-15(19)17-11(2)10-21(4)20/h6-9,11-12,16H,5,10H2,1-4H3,(H2,17,18,19). The van der Waals surface area contributed by atoms with Crippen molar-refractivity contribution >= 4 is 22.5 Å². The molecule has 0 aliphatic rings. The van der Waals surface area contributed by atoms with Crippen molar-refractivity contribution in [3.8, 4) is 0 Å². The van der Waals surface area contributed by atoms with Crippen molar-refractivity contribution < 1.29 is 9.00 Å². The molecule has 3 N–H and O–H groups in total. The molecule has 1 aromatic carbocycles. The third-order valence-corrected chi connectivity index (χ3v) is 3.99. The van der Waals surface area contributed by atoms with Crippen LogP contribution in [0.4, 0.5) is 10.5 Å². The van der Waals surface area contributed by atoms with Gasteiger partial charge in [-0.15, -0.1) is 0 Å². The Kier molecular flexibility index (Phi) is 7.39. The number of nitrogens with one attached hydrogen (secondary N) is 3. The summed E-state index contributed by atoms with van der Waals surface area (Å²) in [6.07, 6.45) is 1.63. The zero-order chi connectivity index (χ0) is 15.8. The minimum atomic E-state index is -0.922. The maximum Gasteiger partial charge on any atom is 0.319 e. The van der Waals surface area contributed by atoms with Gasteiger partial charge in [0.2, 0.25) is 0 Å². The van der Waals surface area contributed by atoms with Crippen molar-refractivity contribution in [3.63, 3.8) is 0 Å². The highest BCUT2D eigenvalue weighted by atomic mass is 32.2. The fraction of sp³-hybridized carbons (Fsp3) is 0.533. The highest BCUT2D eigenvalue weighted by Crippen LogP contribution is 2.17. The highest BCUT2D eigenvalue weighted by molar-refractivity contribution is 7.84. The van der Waals surface area contributed by atoms with Crippen LogP contribution in [-0.4, -0.2) is 34.8 Å². The van der Waals surface area contributed by atoms with Crippen molar-refractivity contribution in [2.75, 3.05) is 23.9 Å². The molecule has 0 bridgehead atoms. The number of benzene rings is 1. The summed E-state index contributed by atoms with van der Waals surface area (Å²) in [4.78, 5) is 11.9. The molecule has 0 aliphatic carbocycles. The summed E-state index contributed by atoms with van der Waals surface area (Å²) >= 11 is 0. The minimum Gasteiger partial charge on any atom is -0.334 e. The molecule has 3 atom stereocenters. The quantitative estimate of drug-likeness (QED) is 0.723. The maximum atomic E-state index is 11.9. The number of urea groups is 1. The Balaban J connectivity index is 2.60. The van der Waals surface area contributed by atoms with Crippen molar-refractivity contribution in [3.05, 3.63) is 29.8 Å². The second-order valence-corrected chi connectivity index (χ2v) is 6.62. The van der Waals surface area contributed by atoms with Gasteiger partial charge in [0, 0.05) is 40.6 Å². The average Bonchev–Trinajstić information content (AvgIpc) is 2.37. The number of carbonyl (C=O) groups is 1. The molecular formula is C15H25N3O2S. The average molecular weight is 311 g/mol. The lowest BCUT2D eigenvalue weighted by Gasteiger charge is -2.16. The van der Waals surface area contributed by atoms with E-state index >= 15 is 0 Å². The molecule has 0 saturated heterocycles. The van der Waals surface area contributed by atoms with Crippen LogP contribution in [0.1, 0.15) is 32.4 Å². The van der Waals surface area contributed by atoms with Gasteiger partial charge >= 0.3 is 6.03 Å². The first kappa shape index (κ1) is 17.7. The van der Waals surface area contributed by atoms with E-state index in [1.54, 1.807) is 6.26 Å². The van der Waals surface area contributed by atoms with E-state index in [2.05, 4.69) is 29.8 Å². The number of anilines is 1. The van der Waals surface area contributed by atoms with E-state index in [9.17, 15) is 9.00 Å². The van der Waals surface area contributed by atoms with Crippen LogP contribution in [0.2, 0.25) is 0 Å². The van der Waals surface area contributed by atoms with Crippen LogP contribution < -0.4 is 16.0 Å². The second kappa shape index (κ2) is 8.79. The van der Waals surface area contributed by atoms with Gasteiger partial charge in [0.05, 0.1) is 0 Å². The normalized spacial score (nSPS) is 15.0. The van der Waals surface area contributed by atoms with Crippen LogP contribution in [0.25, 0.3) is 0 Å². The number of hydrogen-bond donors (Lipinski definition) is 3. The molecule has 0 radical (unpaired) electrons. The molecule has 118 valence electrons. The summed E-state index contributed by atoms with van der Waals surface area (Å²) in [5.41, 5.74) is 1.87. The molecule has 0 fully saturated rings. The van der Waals surface area contributed by atoms with Crippen molar-refractivity contribution in [2.24, 2.45) is 0 Å². The van der Waals surface area contributed by atoms with Gasteiger partial charge in [-0.3, -0.25) is 4.21 Å². The third kappa shape index (κ3) is 6.73. The van der Waals surface area contributed by atoms with Crippen LogP contribution >= 0.6 is 0 Å². The molecule has 1 aromatic rings. The van der Waals surface area contributed by atoms with Gasteiger partial charge in [0.1, 0.15) is 0 Å². The van der Waals surface area contributed by atoms with Crippen LogP contribution in [-0.2, 0) is 10.8 Å². The number of amides is 2. The monoisotopic (exact) mass is 311 g/mol. The van der Waals surface area contributed by atoms with Gasteiger partial charge in [-0.1, -0.05) is 19.1 Å². The zero-order valence-corrected chi connectivity index (χ0v) is 13.9. The summed E-state index contributed by atoms with van der Waals surface area (Å²) in [5.74, 6) is 0.449. The first-order valence-electron chi connectivity index (χ1n) is 7.13. The van der Waals surface area contributed by atoms with E-state index in [1.165, 1.54) is 0 Å². The first-order chi connectivity index (χ1) is 9.92. The van der Waals surface area contributed by atoms with Gasteiger partial charge in [0.25, 0.3) is 0 Å². The van der Waals surface area contributed by atoms with Crippen LogP contribution in [0.5, 0.6) is 0 Å². The Morgan fingerprint density at radius 3 is 2.67 bits per heavy atom. The Bertz CT molecular complexity index is 494. The SMILES string of the molecule is CCNC(C)c1cccc(NC(=O)NC(C)CS(C)=O)c1. The molecule has 21 heavy (non-hydrogen) atoms.